The van der Waals surface area contributed by atoms with Crippen molar-refractivity contribution in [3.63, 3.8) is 0 Å². The van der Waals surface area contributed by atoms with Gasteiger partial charge in [0.25, 0.3) is 0 Å². The Morgan fingerprint density at radius 1 is 1.35 bits per heavy atom. The summed E-state index contributed by atoms with van der Waals surface area (Å²) in [5, 5.41) is 13.8. The molecular weight excluding hydrogens is 226 g/mol. The number of nitrogens with two attached hydrogens (primary N) is 1. The normalized spacial score (nSPS) is 16.7. The van der Waals surface area contributed by atoms with Crippen LogP contribution in [0.1, 0.15) is 32.1 Å². The van der Waals surface area contributed by atoms with Gasteiger partial charge in [-0.15, -0.1) is 0 Å². The molecule has 1 unspecified atom stereocenters. The monoisotopic (exact) mass is 243 g/mol. The van der Waals surface area contributed by atoms with Gasteiger partial charge in [0, 0.05) is 12.5 Å². The number of hydrogen-bond donors (Lipinski definition) is 4. The van der Waals surface area contributed by atoms with Gasteiger partial charge < -0.3 is 21.5 Å². The number of carboxylic acid groups (broad SMARTS) is 1. The molecule has 1 aliphatic rings. The quantitative estimate of drug-likeness (QED) is 0.505. The third kappa shape index (κ3) is 4.71. The molecule has 0 aliphatic heterocycles. The van der Waals surface area contributed by atoms with Crippen molar-refractivity contribution < 1.29 is 19.5 Å². The number of urea groups is 1. The van der Waals surface area contributed by atoms with Crippen molar-refractivity contribution in [3.8, 4) is 0 Å². The number of carbonyl (C=O) groups is 3. The van der Waals surface area contributed by atoms with Crippen molar-refractivity contribution in [1.29, 1.82) is 0 Å². The van der Waals surface area contributed by atoms with Gasteiger partial charge in [-0.1, -0.05) is 0 Å². The van der Waals surface area contributed by atoms with Gasteiger partial charge in [0.1, 0.15) is 6.04 Å². The van der Waals surface area contributed by atoms with Crippen LogP contribution in [0.25, 0.3) is 0 Å². The molecule has 1 aliphatic carbocycles. The highest BCUT2D eigenvalue weighted by Gasteiger charge is 2.24. The highest BCUT2D eigenvalue weighted by molar-refractivity contribution is 5.83. The van der Waals surface area contributed by atoms with Crippen molar-refractivity contribution >= 4 is 17.9 Å². The number of primary amides is 1. The van der Waals surface area contributed by atoms with Gasteiger partial charge in [-0.3, -0.25) is 4.79 Å². The lowest BCUT2D eigenvalue weighted by atomic mass is 9.93. The summed E-state index contributed by atoms with van der Waals surface area (Å²) in [6, 6.07) is -1.45. The van der Waals surface area contributed by atoms with E-state index in [9.17, 15) is 14.4 Å². The molecule has 7 heteroatoms. The average Bonchev–Trinajstić information content (AvgIpc) is 2.17. The van der Waals surface area contributed by atoms with E-state index >= 15 is 0 Å². The molecule has 0 radical (unpaired) electrons. The SMILES string of the molecule is NC(=O)CCC(NC(=O)NC1CCC1)C(=O)O. The molecule has 0 aromatic heterocycles. The van der Waals surface area contributed by atoms with Crippen LogP contribution in [0.15, 0.2) is 0 Å². The lowest BCUT2D eigenvalue weighted by Crippen LogP contribution is -2.50. The van der Waals surface area contributed by atoms with E-state index in [1.165, 1.54) is 0 Å². The first-order valence-electron chi connectivity index (χ1n) is 5.57. The predicted molar refractivity (Wildman–Crippen MR) is 59.2 cm³/mol. The minimum atomic E-state index is -1.17. The number of carboxylic acids is 1. The van der Waals surface area contributed by atoms with Crippen LogP contribution in [0.2, 0.25) is 0 Å². The number of aliphatic carboxylic acids is 1. The summed E-state index contributed by atoms with van der Waals surface area (Å²) >= 11 is 0. The smallest absolute Gasteiger partial charge is 0.326 e. The molecule has 0 heterocycles. The lowest BCUT2D eigenvalue weighted by molar-refractivity contribution is -0.139. The van der Waals surface area contributed by atoms with Crippen molar-refractivity contribution in [2.24, 2.45) is 5.73 Å². The Labute approximate surface area is 98.7 Å². The maximum absolute atomic E-state index is 11.4. The second-order valence-electron chi connectivity index (χ2n) is 4.14. The topological polar surface area (TPSA) is 122 Å². The van der Waals surface area contributed by atoms with Crippen molar-refractivity contribution in [1.82, 2.24) is 10.6 Å². The minimum Gasteiger partial charge on any atom is -0.480 e. The third-order valence-electron chi connectivity index (χ3n) is 2.72. The zero-order chi connectivity index (χ0) is 12.8. The molecule has 3 amide bonds. The maximum atomic E-state index is 11.4. The van der Waals surface area contributed by atoms with Crippen LogP contribution in [0.3, 0.4) is 0 Å². The molecule has 0 aromatic rings. The van der Waals surface area contributed by atoms with Gasteiger partial charge in [0.2, 0.25) is 5.91 Å². The fraction of sp³-hybridized carbons (Fsp3) is 0.700. The van der Waals surface area contributed by atoms with Crippen molar-refractivity contribution in [2.45, 2.75) is 44.2 Å². The molecule has 1 saturated carbocycles. The summed E-state index contributed by atoms with van der Waals surface area (Å²) < 4.78 is 0. The molecule has 0 saturated heterocycles. The number of hydrogen-bond acceptors (Lipinski definition) is 3. The Morgan fingerprint density at radius 3 is 2.41 bits per heavy atom. The second-order valence-corrected chi connectivity index (χ2v) is 4.14. The molecule has 0 bridgehead atoms. The summed E-state index contributed by atoms with van der Waals surface area (Å²) in [4.78, 5) is 32.8. The fourth-order valence-electron chi connectivity index (χ4n) is 1.48. The van der Waals surface area contributed by atoms with E-state index in [0.717, 1.165) is 19.3 Å². The number of nitrogens with one attached hydrogen (secondary N) is 2. The first-order valence-corrected chi connectivity index (χ1v) is 5.57. The summed E-state index contributed by atoms with van der Waals surface area (Å²) in [6.07, 6.45) is 2.86. The molecular formula is C10H17N3O4. The van der Waals surface area contributed by atoms with E-state index in [1.54, 1.807) is 0 Å². The van der Waals surface area contributed by atoms with E-state index in [0.29, 0.717) is 0 Å². The summed E-state index contributed by atoms with van der Waals surface area (Å²) in [5.41, 5.74) is 4.92. The Kier molecular flexibility index (Phi) is 4.74. The minimum absolute atomic E-state index is 0.00273. The van der Waals surface area contributed by atoms with E-state index in [2.05, 4.69) is 10.6 Å². The zero-order valence-electron chi connectivity index (χ0n) is 9.44. The zero-order valence-corrected chi connectivity index (χ0v) is 9.44. The van der Waals surface area contributed by atoms with Crippen LogP contribution in [0.4, 0.5) is 4.79 Å². The molecule has 1 fully saturated rings. The Morgan fingerprint density at radius 2 is 2.00 bits per heavy atom. The Hall–Kier alpha value is -1.79. The largest absolute Gasteiger partial charge is 0.480 e. The van der Waals surface area contributed by atoms with E-state index in [-0.39, 0.29) is 18.9 Å². The van der Waals surface area contributed by atoms with E-state index in [4.69, 9.17) is 10.8 Å². The second kappa shape index (κ2) is 6.07. The van der Waals surface area contributed by atoms with Crippen LogP contribution in [0, 0.1) is 0 Å². The van der Waals surface area contributed by atoms with Gasteiger partial charge in [0.15, 0.2) is 0 Å². The summed E-state index contributed by atoms with van der Waals surface area (Å²) in [6.45, 7) is 0. The first-order chi connectivity index (χ1) is 7.99. The molecule has 17 heavy (non-hydrogen) atoms. The maximum Gasteiger partial charge on any atom is 0.326 e. The van der Waals surface area contributed by atoms with Gasteiger partial charge in [0.05, 0.1) is 0 Å². The van der Waals surface area contributed by atoms with Crippen LogP contribution in [-0.2, 0) is 9.59 Å². The molecule has 0 aromatic carbocycles. The highest BCUT2D eigenvalue weighted by Crippen LogP contribution is 2.17. The fourth-order valence-corrected chi connectivity index (χ4v) is 1.48. The van der Waals surface area contributed by atoms with Gasteiger partial charge >= 0.3 is 12.0 Å². The van der Waals surface area contributed by atoms with Crippen LogP contribution in [-0.4, -0.2) is 35.1 Å². The van der Waals surface area contributed by atoms with E-state index in [1.807, 2.05) is 0 Å². The van der Waals surface area contributed by atoms with Crippen molar-refractivity contribution in [3.05, 3.63) is 0 Å². The van der Waals surface area contributed by atoms with Gasteiger partial charge in [-0.2, -0.15) is 0 Å². The first kappa shape index (κ1) is 13.3. The molecule has 1 atom stereocenters. The van der Waals surface area contributed by atoms with Gasteiger partial charge in [-0.05, 0) is 25.7 Å². The standard InChI is InChI=1S/C10H17N3O4/c11-8(14)5-4-7(9(15)16)13-10(17)12-6-2-1-3-6/h6-7H,1-5H2,(H2,11,14)(H,15,16)(H2,12,13,17). The lowest BCUT2D eigenvalue weighted by Gasteiger charge is -2.27. The third-order valence-corrected chi connectivity index (χ3v) is 2.72. The van der Waals surface area contributed by atoms with E-state index < -0.39 is 23.9 Å². The molecule has 96 valence electrons. The average molecular weight is 243 g/mol. The van der Waals surface area contributed by atoms with Crippen LogP contribution >= 0.6 is 0 Å². The van der Waals surface area contributed by atoms with Crippen molar-refractivity contribution in [2.75, 3.05) is 0 Å². The van der Waals surface area contributed by atoms with Crippen LogP contribution in [0.5, 0.6) is 0 Å². The van der Waals surface area contributed by atoms with Crippen LogP contribution < -0.4 is 16.4 Å². The Bertz CT molecular complexity index is 315. The molecule has 0 spiro atoms. The summed E-state index contributed by atoms with van der Waals surface area (Å²) in [7, 11) is 0. The molecule has 7 nitrogen and oxygen atoms in total. The highest BCUT2D eigenvalue weighted by atomic mass is 16.4. The Balaban J connectivity index is 2.33. The van der Waals surface area contributed by atoms with Gasteiger partial charge in [-0.25, -0.2) is 9.59 Å². The summed E-state index contributed by atoms with van der Waals surface area (Å²) in [5.74, 6) is -1.76. The molecule has 1 rings (SSSR count). The number of amides is 3. The molecule has 5 N–H and O–H groups in total. The predicted octanol–water partition coefficient (Wildman–Crippen LogP) is -0.443. The number of carbonyl (C=O) groups excluding carboxylic acids is 2. The number of rotatable bonds is 6.